The Labute approximate surface area is 115 Å². The maximum Gasteiger partial charge on any atom is 0.134 e. The van der Waals surface area contributed by atoms with E-state index in [1.54, 1.807) is 0 Å². The third kappa shape index (κ3) is 3.80. The highest BCUT2D eigenvalue weighted by Crippen LogP contribution is 2.20. The summed E-state index contributed by atoms with van der Waals surface area (Å²) in [5, 5.41) is 6.71. The predicted molar refractivity (Wildman–Crippen MR) is 79.8 cm³/mol. The lowest BCUT2D eigenvalue weighted by atomic mass is 10.1. The summed E-state index contributed by atoms with van der Waals surface area (Å²) in [7, 11) is 2.04. The molecule has 0 aliphatic carbocycles. The Kier molecular flexibility index (Phi) is 4.58. The second-order valence-electron chi connectivity index (χ2n) is 5.51. The van der Waals surface area contributed by atoms with Gasteiger partial charge in [-0.2, -0.15) is 0 Å². The van der Waals surface area contributed by atoms with Crippen LogP contribution in [0, 0.1) is 6.92 Å². The first kappa shape index (κ1) is 14.1. The van der Waals surface area contributed by atoms with Crippen LogP contribution in [-0.2, 0) is 0 Å². The molecule has 2 rings (SSSR count). The van der Waals surface area contributed by atoms with Gasteiger partial charge in [0, 0.05) is 31.2 Å². The first-order valence-electron chi connectivity index (χ1n) is 7.13. The quantitative estimate of drug-likeness (QED) is 0.867. The van der Waals surface area contributed by atoms with E-state index in [-0.39, 0.29) is 0 Å². The van der Waals surface area contributed by atoms with Gasteiger partial charge in [-0.15, -0.1) is 0 Å². The zero-order valence-corrected chi connectivity index (χ0v) is 12.4. The molecule has 1 aliphatic heterocycles. The van der Waals surface area contributed by atoms with Gasteiger partial charge in [-0.1, -0.05) is 0 Å². The Hall–Kier alpha value is -1.36. The molecule has 1 fully saturated rings. The minimum absolute atomic E-state index is 0.386. The fraction of sp³-hybridized carbons (Fsp3) is 0.714. The Morgan fingerprint density at radius 1 is 1.26 bits per heavy atom. The highest BCUT2D eigenvalue weighted by molar-refractivity contribution is 5.50. The number of nitrogens with one attached hydrogen (secondary N) is 2. The van der Waals surface area contributed by atoms with E-state index in [0.717, 1.165) is 30.5 Å². The maximum atomic E-state index is 4.57. The molecule has 1 aliphatic rings. The molecular weight excluding hydrogens is 238 g/mol. The number of aryl methyl sites for hydroxylation is 1. The van der Waals surface area contributed by atoms with Gasteiger partial charge in [-0.3, -0.25) is 0 Å². The van der Waals surface area contributed by atoms with Gasteiger partial charge in [0.25, 0.3) is 0 Å². The predicted octanol–water partition coefficient (Wildman–Crippen LogP) is 1.79. The van der Waals surface area contributed by atoms with Crippen molar-refractivity contribution in [1.82, 2.24) is 15.3 Å². The van der Waals surface area contributed by atoms with Crippen molar-refractivity contribution in [1.29, 1.82) is 0 Å². The van der Waals surface area contributed by atoms with Crippen molar-refractivity contribution in [3.05, 3.63) is 11.9 Å². The van der Waals surface area contributed by atoms with E-state index in [2.05, 4.69) is 45.4 Å². The number of rotatable bonds is 4. The highest BCUT2D eigenvalue weighted by atomic mass is 15.2. The summed E-state index contributed by atoms with van der Waals surface area (Å²) < 4.78 is 0. The number of hydrogen-bond donors (Lipinski definition) is 2. The normalized spacial score (nSPS) is 17.0. The van der Waals surface area contributed by atoms with Crippen LogP contribution in [0.25, 0.3) is 0 Å². The van der Waals surface area contributed by atoms with Crippen LogP contribution in [0.3, 0.4) is 0 Å². The molecule has 5 heteroatoms. The van der Waals surface area contributed by atoms with E-state index in [1.807, 2.05) is 14.0 Å². The largest absolute Gasteiger partial charge is 0.368 e. The van der Waals surface area contributed by atoms with Gasteiger partial charge in [-0.05, 0) is 40.7 Å². The third-order valence-corrected chi connectivity index (χ3v) is 3.49. The molecular formula is C14H25N5. The first-order valence-corrected chi connectivity index (χ1v) is 7.13. The fourth-order valence-corrected chi connectivity index (χ4v) is 2.48. The van der Waals surface area contributed by atoms with E-state index in [4.69, 9.17) is 0 Å². The summed E-state index contributed by atoms with van der Waals surface area (Å²) in [5.41, 5.74) is 0. The molecule has 1 aromatic rings. The molecule has 0 atom stereocenters. The monoisotopic (exact) mass is 263 g/mol. The lowest BCUT2D eigenvalue weighted by Crippen LogP contribution is -2.41. The second-order valence-corrected chi connectivity index (χ2v) is 5.51. The molecule has 0 spiro atoms. The standard InChI is InChI=1S/C14H25N5/c1-10(2)16-13-9-14(18-11(3)17-13)19-7-5-12(15-4)6-8-19/h9-10,12,15H,5-8H2,1-4H3,(H,16,17,18). The fourth-order valence-electron chi connectivity index (χ4n) is 2.48. The smallest absolute Gasteiger partial charge is 0.134 e. The zero-order valence-electron chi connectivity index (χ0n) is 12.4. The highest BCUT2D eigenvalue weighted by Gasteiger charge is 2.19. The molecule has 19 heavy (non-hydrogen) atoms. The number of anilines is 2. The van der Waals surface area contributed by atoms with Gasteiger partial charge >= 0.3 is 0 Å². The van der Waals surface area contributed by atoms with Crippen LogP contribution in [0.15, 0.2) is 6.07 Å². The summed E-state index contributed by atoms with van der Waals surface area (Å²) >= 11 is 0. The van der Waals surface area contributed by atoms with Gasteiger partial charge in [0.05, 0.1) is 0 Å². The molecule has 0 aromatic carbocycles. The van der Waals surface area contributed by atoms with Crippen LogP contribution < -0.4 is 15.5 Å². The van der Waals surface area contributed by atoms with Crippen molar-refractivity contribution >= 4 is 11.6 Å². The van der Waals surface area contributed by atoms with Crippen molar-refractivity contribution in [2.45, 2.75) is 45.7 Å². The molecule has 0 bridgehead atoms. The molecule has 2 N–H and O–H groups in total. The van der Waals surface area contributed by atoms with E-state index in [9.17, 15) is 0 Å². The van der Waals surface area contributed by atoms with Crippen molar-refractivity contribution in [3.63, 3.8) is 0 Å². The molecule has 0 amide bonds. The number of piperidine rings is 1. The van der Waals surface area contributed by atoms with E-state index < -0.39 is 0 Å². The van der Waals surface area contributed by atoms with Crippen molar-refractivity contribution in [3.8, 4) is 0 Å². The minimum atomic E-state index is 0.386. The number of hydrogen-bond acceptors (Lipinski definition) is 5. The Morgan fingerprint density at radius 3 is 2.53 bits per heavy atom. The number of aromatic nitrogens is 2. The molecule has 1 aromatic heterocycles. The summed E-state index contributed by atoms with van der Waals surface area (Å²) in [6.07, 6.45) is 2.35. The molecule has 0 saturated carbocycles. The van der Waals surface area contributed by atoms with Gasteiger partial charge in [0.1, 0.15) is 17.5 Å². The van der Waals surface area contributed by atoms with Gasteiger partial charge < -0.3 is 15.5 Å². The van der Waals surface area contributed by atoms with E-state index in [0.29, 0.717) is 12.1 Å². The van der Waals surface area contributed by atoms with Crippen LogP contribution in [0.5, 0.6) is 0 Å². The molecule has 106 valence electrons. The van der Waals surface area contributed by atoms with E-state index >= 15 is 0 Å². The second kappa shape index (κ2) is 6.19. The molecule has 0 radical (unpaired) electrons. The molecule has 0 unspecified atom stereocenters. The SMILES string of the molecule is CNC1CCN(c2cc(NC(C)C)nc(C)n2)CC1. The molecule has 2 heterocycles. The minimum Gasteiger partial charge on any atom is -0.368 e. The Bertz CT molecular complexity index is 410. The van der Waals surface area contributed by atoms with Crippen LogP contribution in [-0.4, -0.2) is 42.2 Å². The molecule has 1 saturated heterocycles. The topological polar surface area (TPSA) is 53.1 Å². The third-order valence-electron chi connectivity index (χ3n) is 3.49. The van der Waals surface area contributed by atoms with Gasteiger partial charge in [0.15, 0.2) is 0 Å². The lowest BCUT2D eigenvalue weighted by molar-refractivity contribution is 0.440. The summed E-state index contributed by atoms with van der Waals surface area (Å²) in [6.45, 7) is 8.31. The Morgan fingerprint density at radius 2 is 1.95 bits per heavy atom. The average molecular weight is 263 g/mol. The van der Waals surface area contributed by atoms with Crippen LogP contribution in [0.1, 0.15) is 32.5 Å². The summed E-state index contributed by atoms with van der Waals surface area (Å²) in [5.74, 6) is 2.80. The summed E-state index contributed by atoms with van der Waals surface area (Å²) in [4.78, 5) is 11.4. The lowest BCUT2D eigenvalue weighted by Gasteiger charge is -2.32. The van der Waals surface area contributed by atoms with Crippen molar-refractivity contribution in [2.75, 3.05) is 30.4 Å². The van der Waals surface area contributed by atoms with Gasteiger partial charge in [-0.25, -0.2) is 9.97 Å². The zero-order chi connectivity index (χ0) is 13.8. The van der Waals surface area contributed by atoms with E-state index in [1.165, 1.54) is 12.8 Å². The first-order chi connectivity index (χ1) is 9.08. The maximum absolute atomic E-state index is 4.57. The van der Waals surface area contributed by atoms with Gasteiger partial charge in [0.2, 0.25) is 0 Å². The Balaban J connectivity index is 2.09. The summed E-state index contributed by atoms with van der Waals surface area (Å²) in [6, 6.07) is 3.09. The van der Waals surface area contributed by atoms with Crippen molar-refractivity contribution < 1.29 is 0 Å². The number of nitrogens with zero attached hydrogens (tertiary/aromatic N) is 3. The average Bonchev–Trinajstić information content (AvgIpc) is 2.37. The van der Waals surface area contributed by atoms with Crippen LogP contribution in [0.2, 0.25) is 0 Å². The van der Waals surface area contributed by atoms with Crippen molar-refractivity contribution in [2.24, 2.45) is 0 Å². The van der Waals surface area contributed by atoms with Crippen LogP contribution in [0.4, 0.5) is 11.6 Å². The molecule has 5 nitrogen and oxygen atoms in total. The van der Waals surface area contributed by atoms with Crippen LogP contribution >= 0.6 is 0 Å².